The molecule has 3 heterocycles. The summed E-state index contributed by atoms with van der Waals surface area (Å²) in [7, 11) is -11.6. The Morgan fingerprint density at radius 1 is 1.00 bits per heavy atom. The molecule has 2 aliphatic rings. The molecule has 2 fully saturated rings. The number of hydrogen-bond acceptors (Lipinski definition) is 17. The number of aromatic amines is 1. The summed E-state index contributed by atoms with van der Waals surface area (Å²) in [6.07, 6.45) is -12.9. The molecule has 0 saturated carbocycles. The van der Waals surface area contributed by atoms with Crippen LogP contribution in [0.5, 0.6) is 0 Å². The number of hydrogen-bond donors (Lipinski definition) is 7. The molecule has 0 amide bonds. The minimum atomic E-state index is -5.82. The molecule has 2 aliphatic heterocycles. The van der Waals surface area contributed by atoms with Crippen molar-refractivity contribution in [1.29, 1.82) is 0 Å². The summed E-state index contributed by atoms with van der Waals surface area (Å²) in [5, 5.41) is 48.9. The normalized spacial score (nSPS) is 36.4. The van der Waals surface area contributed by atoms with E-state index >= 15 is 0 Å². The zero-order valence-corrected chi connectivity index (χ0v) is 25.7. The fraction of sp³-hybridized carbons (Fsp3) is 0.733. The van der Waals surface area contributed by atoms with Gasteiger partial charge in [0.05, 0.1) is 19.3 Å². The maximum atomic E-state index is 12.1. The van der Waals surface area contributed by atoms with Crippen molar-refractivity contribution in [2.24, 2.45) is 5.73 Å². The summed E-state index contributed by atoms with van der Waals surface area (Å²) in [4.78, 5) is 49.0. The zero-order valence-electron chi connectivity index (χ0n) is 19.9. The quantitative estimate of drug-likeness (QED) is 0.101. The fourth-order valence-electron chi connectivity index (χ4n) is 3.38. The van der Waals surface area contributed by atoms with Crippen LogP contribution in [0.1, 0.15) is 6.23 Å². The molecule has 8 N–H and O–H groups in total. The summed E-state index contributed by atoms with van der Waals surface area (Å²) in [5.74, 6) is 0. The van der Waals surface area contributed by atoms with Gasteiger partial charge in [0.1, 0.15) is 36.6 Å². The van der Waals surface area contributed by atoms with Crippen molar-refractivity contribution in [3.8, 4) is 0 Å². The van der Waals surface area contributed by atoms with E-state index in [9.17, 15) is 48.9 Å². The van der Waals surface area contributed by atoms with Crippen molar-refractivity contribution >= 4 is 15.6 Å². The molecule has 38 heavy (non-hydrogen) atoms. The van der Waals surface area contributed by atoms with Gasteiger partial charge in [0, 0.05) is 12.3 Å². The molecule has 3 rings (SSSR count). The van der Waals surface area contributed by atoms with Crippen molar-refractivity contribution in [3.05, 3.63) is 33.1 Å². The molecule has 19 nitrogen and oxygen atoms in total. The monoisotopic (exact) mass is 609 g/mol. The van der Waals surface area contributed by atoms with Crippen molar-refractivity contribution in [2.75, 3.05) is 13.2 Å². The Morgan fingerprint density at radius 3 is 2.18 bits per heavy atom. The third-order valence-electron chi connectivity index (χ3n) is 5.22. The van der Waals surface area contributed by atoms with Gasteiger partial charge in [0.25, 0.3) is 21.2 Å². The Labute approximate surface area is 257 Å². The Kier molecular flexibility index (Phi) is 14.2. The summed E-state index contributed by atoms with van der Waals surface area (Å²) in [5.41, 5.74) is 3.74. The first-order valence-corrected chi connectivity index (χ1v) is 13.0. The molecule has 206 valence electrons. The predicted octanol–water partition coefficient (Wildman–Crippen LogP) is -12.1. The van der Waals surface area contributed by atoms with E-state index in [2.05, 4.69) is 13.4 Å². The van der Waals surface area contributed by atoms with E-state index in [4.69, 9.17) is 20.3 Å². The molecule has 2 saturated heterocycles. The van der Waals surface area contributed by atoms with Crippen LogP contribution >= 0.6 is 15.6 Å². The Morgan fingerprint density at radius 2 is 1.61 bits per heavy atom. The van der Waals surface area contributed by atoms with Gasteiger partial charge in [-0.25, -0.2) is 9.11 Å². The number of aliphatic hydroxyl groups is 5. The van der Waals surface area contributed by atoms with Crippen molar-refractivity contribution in [2.45, 2.75) is 55.2 Å². The third-order valence-corrected chi connectivity index (χ3v) is 7.75. The van der Waals surface area contributed by atoms with Crippen LogP contribution in [0, 0.1) is 0 Å². The number of nitrogens with one attached hydrogen (secondary N) is 1. The molecular weight excluding hydrogens is 586 g/mol. The molecule has 0 aliphatic carbocycles. The number of nitrogens with two attached hydrogens (primary N) is 1. The maximum absolute atomic E-state index is 12.1. The minimum absolute atomic E-state index is 0. The number of H-pyrrole nitrogens is 1. The minimum Gasteiger partial charge on any atom is -0.756 e. The van der Waals surface area contributed by atoms with Gasteiger partial charge in [-0.3, -0.25) is 28.0 Å². The van der Waals surface area contributed by atoms with Crippen LogP contribution in [0.3, 0.4) is 0 Å². The molecular formula is C15H23N3Na2O16P2. The molecule has 0 bridgehead atoms. The van der Waals surface area contributed by atoms with E-state index in [1.165, 1.54) is 0 Å². The molecule has 11 unspecified atom stereocenters. The van der Waals surface area contributed by atoms with Gasteiger partial charge in [0.2, 0.25) is 0 Å². The van der Waals surface area contributed by atoms with Crippen LogP contribution in [0.2, 0.25) is 0 Å². The van der Waals surface area contributed by atoms with Gasteiger partial charge in [-0.15, -0.1) is 0 Å². The van der Waals surface area contributed by atoms with E-state index in [-0.39, 0.29) is 59.1 Å². The smallest absolute Gasteiger partial charge is 0.756 e. The maximum Gasteiger partial charge on any atom is 1.00 e. The number of phosphoric ester groups is 2. The van der Waals surface area contributed by atoms with Crippen LogP contribution in [0.25, 0.3) is 0 Å². The SMILES string of the molecule is NC1C(OP(=O)([O-])OP(=O)([O-])OCC2OC(n3ccc(=O)[nH]c3=O)C(O)C2O)OC(CO)C(O)C1O.[Na+].[Na+]. The number of phosphoric acid groups is 2. The molecule has 0 spiro atoms. The van der Waals surface area contributed by atoms with Crippen LogP contribution in [-0.2, 0) is 32.0 Å². The zero-order chi connectivity index (χ0) is 27.0. The molecule has 23 heteroatoms. The van der Waals surface area contributed by atoms with Gasteiger partial charge < -0.3 is 55.1 Å². The Hall–Kier alpha value is 0.620. The van der Waals surface area contributed by atoms with Crippen molar-refractivity contribution < 1.29 is 126 Å². The van der Waals surface area contributed by atoms with Crippen LogP contribution < -0.4 is 85.9 Å². The number of nitrogens with zero attached hydrogens (tertiary/aromatic N) is 1. The topological polar surface area (TPSA) is 308 Å². The summed E-state index contributed by atoms with van der Waals surface area (Å²) in [6.45, 7) is -1.97. The fourth-order valence-corrected chi connectivity index (χ4v) is 5.48. The summed E-state index contributed by atoms with van der Waals surface area (Å²) in [6, 6.07) is -0.777. The summed E-state index contributed by atoms with van der Waals surface area (Å²) >= 11 is 0. The van der Waals surface area contributed by atoms with Gasteiger partial charge in [0.15, 0.2) is 12.5 Å². The Balaban J connectivity index is 0.00000361. The second kappa shape index (κ2) is 14.7. The van der Waals surface area contributed by atoms with Gasteiger partial charge in [-0.2, -0.15) is 0 Å². The largest absolute Gasteiger partial charge is 1.00 e. The van der Waals surface area contributed by atoms with Gasteiger partial charge >= 0.3 is 64.8 Å². The average Bonchev–Trinajstić information content (AvgIpc) is 3.06. The third kappa shape index (κ3) is 8.81. The molecule has 1 aromatic heterocycles. The Bertz CT molecular complexity index is 1140. The first-order valence-electron chi connectivity index (χ1n) is 10.0. The second-order valence-corrected chi connectivity index (χ2v) is 10.6. The van der Waals surface area contributed by atoms with E-state index in [1.54, 1.807) is 0 Å². The van der Waals surface area contributed by atoms with Crippen LogP contribution in [-0.4, -0.2) is 97.3 Å². The number of rotatable bonds is 9. The summed E-state index contributed by atoms with van der Waals surface area (Å²) < 4.78 is 47.6. The van der Waals surface area contributed by atoms with E-state index < -0.39 is 95.3 Å². The molecule has 11 atom stereocenters. The first kappa shape index (κ1) is 36.6. The average molecular weight is 609 g/mol. The van der Waals surface area contributed by atoms with E-state index in [0.717, 1.165) is 12.3 Å². The van der Waals surface area contributed by atoms with E-state index in [0.29, 0.717) is 4.57 Å². The van der Waals surface area contributed by atoms with Crippen molar-refractivity contribution in [1.82, 2.24) is 9.55 Å². The number of ether oxygens (including phenoxy) is 2. The van der Waals surface area contributed by atoms with E-state index in [1.807, 2.05) is 4.98 Å². The van der Waals surface area contributed by atoms with Gasteiger partial charge in [-0.05, 0) is 0 Å². The molecule has 0 radical (unpaired) electrons. The predicted molar refractivity (Wildman–Crippen MR) is 106 cm³/mol. The second-order valence-electron chi connectivity index (χ2n) is 7.72. The van der Waals surface area contributed by atoms with Gasteiger partial charge in [-0.1, -0.05) is 0 Å². The van der Waals surface area contributed by atoms with Crippen molar-refractivity contribution in [3.63, 3.8) is 0 Å². The number of aliphatic hydroxyl groups excluding tert-OH is 5. The van der Waals surface area contributed by atoms with Crippen LogP contribution in [0.4, 0.5) is 0 Å². The molecule has 1 aromatic rings. The number of aromatic nitrogens is 2. The molecule has 0 aromatic carbocycles. The van der Waals surface area contributed by atoms with Crippen LogP contribution in [0.15, 0.2) is 21.9 Å². The first-order chi connectivity index (χ1) is 16.7. The standard InChI is InChI=1S/C15H25N3O16P2.2Na/c16-8-11(23)9(21)5(3-19)32-14(8)33-36(28,29)34-35(26,27)30-4-6-10(22)12(24)13(31-6)18-2-1-7(20)17-15(18)25;;/h1-2,5-6,8-14,19,21-24H,3-4,16H2,(H,26,27)(H,28,29)(H,17,20,25);;/q;2*+1/p-2.